The summed E-state index contributed by atoms with van der Waals surface area (Å²) in [4.78, 5) is 16.8. The van der Waals surface area contributed by atoms with Crippen LogP contribution in [0.25, 0.3) is 0 Å². The van der Waals surface area contributed by atoms with Gasteiger partial charge in [0, 0.05) is 25.7 Å². The highest BCUT2D eigenvalue weighted by Gasteiger charge is 2.24. The molecule has 1 fully saturated rings. The maximum absolute atomic E-state index is 13.4. The second-order valence-corrected chi connectivity index (χ2v) is 6.89. The second kappa shape index (κ2) is 8.31. The van der Waals surface area contributed by atoms with E-state index in [-0.39, 0.29) is 11.8 Å². The van der Waals surface area contributed by atoms with E-state index in [1.54, 1.807) is 23.0 Å². The van der Waals surface area contributed by atoms with Crippen LogP contribution in [0.5, 0.6) is 0 Å². The van der Waals surface area contributed by atoms with Crippen molar-refractivity contribution in [1.29, 1.82) is 0 Å². The van der Waals surface area contributed by atoms with Crippen LogP contribution in [0.2, 0.25) is 0 Å². The Morgan fingerprint density at radius 1 is 1.42 bits per heavy atom. The molecule has 7 heteroatoms. The predicted molar refractivity (Wildman–Crippen MR) is 99.6 cm³/mol. The molecule has 1 aliphatic rings. The predicted octanol–water partition coefficient (Wildman–Crippen LogP) is 2.88. The van der Waals surface area contributed by atoms with Crippen molar-refractivity contribution in [3.63, 3.8) is 0 Å². The lowest BCUT2D eigenvalue weighted by atomic mass is 10.1. The van der Waals surface area contributed by atoms with Crippen LogP contribution in [0.3, 0.4) is 0 Å². The Labute approximate surface area is 153 Å². The van der Waals surface area contributed by atoms with E-state index in [1.165, 1.54) is 12.1 Å². The van der Waals surface area contributed by atoms with Gasteiger partial charge in [0.1, 0.15) is 11.6 Å². The number of urea groups is 1. The molecule has 0 radical (unpaired) electrons. The molecule has 1 aliphatic heterocycles. The lowest BCUT2D eigenvalue weighted by molar-refractivity contribution is 0.204. The number of carbonyl (C=O) groups excluding carboxylic acids is 1. The third-order valence-electron chi connectivity index (χ3n) is 4.81. The molecule has 6 nitrogen and oxygen atoms in total. The summed E-state index contributed by atoms with van der Waals surface area (Å²) in [6.45, 7) is 5.92. The van der Waals surface area contributed by atoms with Gasteiger partial charge in [-0.05, 0) is 50.6 Å². The van der Waals surface area contributed by atoms with Gasteiger partial charge in [-0.25, -0.2) is 13.9 Å². The van der Waals surface area contributed by atoms with Crippen molar-refractivity contribution >= 4 is 11.8 Å². The Morgan fingerprint density at radius 2 is 2.27 bits per heavy atom. The first-order valence-electron chi connectivity index (χ1n) is 9.06. The molecule has 26 heavy (non-hydrogen) atoms. The number of likely N-dealkylation sites (tertiary alicyclic amines) is 1. The molecule has 2 heterocycles. The molecule has 140 valence electrons. The lowest BCUT2D eigenvalue weighted by Crippen LogP contribution is -2.39. The van der Waals surface area contributed by atoms with E-state index in [1.807, 2.05) is 17.9 Å². The lowest BCUT2D eigenvalue weighted by Gasteiger charge is -2.24. The standard InChI is InChI=1S/C19H26FN5O/c1-3-24(13-16-8-10-23(2)12-16)19(26)22-18-7-9-21-25(18)14-15-5-4-6-17(20)11-15/h4-7,9,11,16H,3,8,10,12-14H2,1-2H3,(H,22,26)/t16-/m0/s1. The number of carbonyl (C=O) groups is 1. The fourth-order valence-corrected chi connectivity index (χ4v) is 3.40. The molecular formula is C19H26FN5O. The first kappa shape index (κ1) is 18.4. The van der Waals surface area contributed by atoms with E-state index in [0.29, 0.717) is 24.8 Å². The molecule has 0 spiro atoms. The number of amides is 2. The minimum Gasteiger partial charge on any atom is -0.324 e. The topological polar surface area (TPSA) is 53.4 Å². The zero-order chi connectivity index (χ0) is 18.5. The van der Waals surface area contributed by atoms with Crippen molar-refractivity contribution in [2.45, 2.75) is 19.9 Å². The maximum atomic E-state index is 13.4. The molecule has 0 aliphatic carbocycles. The largest absolute Gasteiger partial charge is 0.324 e. The van der Waals surface area contributed by atoms with Gasteiger partial charge in [0.05, 0.1) is 12.7 Å². The Balaban J connectivity index is 1.62. The highest BCUT2D eigenvalue weighted by molar-refractivity contribution is 5.88. The summed E-state index contributed by atoms with van der Waals surface area (Å²) in [7, 11) is 2.11. The van der Waals surface area contributed by atoms with Crippen LogP contribution < -0.4 is 5.32 Å². The molecule has 0 bridgehead atoms. The quantitative estimate of drug-likeness (QED) is 0.863. The number of rotatable bonds is 6. The minimum atomic E-state index is -0.279. The molecule has 0 unspecified atom stereocenters. The van der Waals surface area contributed by atoms with Gasteiger partial charge in [-0.15, -0.1) is 0 Å². The fourth-order valence-electron chi connectivity index (χ4n) is 3.40. The van der Waals surface area contributed by atoms with Crippen molar-refractivity contribution in [3.8, 4) is 0 Å². The Bertz CT molecular complexity index is 747. The van der Waals surface area contributed by atoms with Crippen LogP contribution in [0.1, 0.15) is 18.9 Å². The van der Waals surface area contributed by atoms with Crippen molar-refractivity contribution < 1.29 is 9.18 Å². The molecule has 1 atom stereocenters. The van der Waals surface area contributed by atoms with E-state index in [2.05, 4.69) is 22.4 Å². The summed E-state index contributed by atoms with van der Waals surface area (Å²) in [6.07, 6.45) is 2.76. The highest BCUT2D eigenvalue weighted by atomic mass is 19.1. The van der Waals surface area contributed by atoms with Crippen molar-refractivity contribution in [1.82, 2.24) is 19.6 Å². The number of anilines is 1. The van der Waals surface area contributed by atoms with Gasteiger partial charge in [-0.2, -0.15) is 5.10 Å². The van der Waals surface area contributed by atoms with Gasteiger partial charge in [-0.3, -0.25) is 5.32 Å². The van der Waals surface area contributed by atoms with Crippen LogP contribution in [0, 0.1) is 11.7 Å². The van der Waals surface area contributed by atoms with Crippen LogP contribution in [0.4, 0.5) is 15.0 Å². The summed E-state index contributed by atoms with van der Waals surface area (Å²) in [5.74, 6) is 0.850. The zero-order valence-corrected chi connectivity index (χ0v) is 15.4. The first-order chi connectivity index (χ1) is 12.5. The van der Waals surface area contributed by atoms with Gasteiger partial charge in [0.15, 0.2) is 0 Å². The first-order valence-corrected chi connectivity index (χ1v) is 9.06. The Morgan fingerprint density at radius 3 is 2.96 bits per heavy atom. The van der Waals surface area contributed by atoms with Crippen LogP contribution in [-0.4, -0.2) is 58.8 Å². The number of aromatic nitrogens is 2. The molecule has 1 aromatic carbocycles. The number of nitrogens with zero attached hydrogens (tertiary/aromatic N) is 4. The molecule has 1 N–H and O–H groups in total. The molecule has 1 saturated heterocycles. The molecule has 3 rings (SSSR count). The van der Waals surface area contributed by atoms with Crippen molar-refractivity contribution in [2.75, 3.05) is 38.5 Å². The third kappa shape index (κ3) is 4.60. The van der Waals surface area contributed by atoms with E-state index >= 15 is 0 Å². The second-order valence-electron chi connectivity index (χ2n) is 6.89. The summed E-state index contributed by atoms with van der Waals surface area (Å²) in [5, 5.41) is 7.19. The summed E-state index contributed by atoms with van der Waals surface area (Å²) in [6, 6.07) is 8.03. The molecule has 2 aromatic rings. The number of nitrogens with one attached hydrogen (secondary N) is 1. The van der Waals surface area contributed by atoms with E-state index in [0.717, 1.165) is 31.6 Å². The Kier molecular flexibility index (Phi) is 5.88. The number of benzene rings is 1. The van der Waals surface area contributed by atoms with E-state index in [4.69, 9.17) is 0 Å². The number of hydrogen-bond donors (Lipinski definition) is 1. The molecule has 0 saturated carbocycles. The van der Waals surface area contributed by atoms with Gasteiger partial charge >= 0.3 is 6.03 Å². The van der Waals surface area contributed by atoms with Gasteiger partial charge in [0.25, 0.3) is 0 Å². The van der Waals surface area contributed by atoms with Gasteiger partial charge < -0.3 is 9.80 Å². The SMILES string of the molecule is CCN(C[C@H]1CCN(C)C1)C(=O)Nc1ccnn1Cc1cccc(F)c1. The summed E-state index contributed by atoms with van der Waals surface area (Å²) >= 11 is 0. The average Bonchev–Trinajstić information content (AvgIpc) is 3.21. The van der Waals surface area contributed by atoms with Crippen molar-refractivity contribution in [3.05, 3.63) is 47.9 Å². The van der Waals surface area contributed by atoms with Crippen LogP contribution >= 0.6 is 0 Å². The van der Waals surface area contributed by atoms with E-state index < -0.39 is 0 Å². The minimum absolute atomic E-state index is 0.122. The Hall–Kier alpha value is -2.41. The number of halogens is 1. The highest BCUT2D eigenvalue weighted by Crippen LogP contribution is 2.17. The van der Waals surface area contributed by atoms with Gasteiger partial charge in [0.2, 0.25) is 0 Å². The zero-order valence-electron chi connectivity index (χ0n) is 15.4. The van der Waals surface area contributed by atoms with Gasteiger partial charge in [-0.1, -0.05) is 12.1 Å². The van der Waals surface area contributed by atoms with Crippen molar-refractivity contribution in [2.24, 2.45) is 5.92 Å². The van der Waals surface area contributed by atoms with E-state index in [9.17, 15) is 9.18 Å². The van der Waals surface area contributed by atoms with Crippen LogP contribution in [-0.2, 0) is 6.54 Å². The number of hydrogen-bond acceptors (Lipinski definition) is 3. The maximum Gasteiger partial charge on any atom is 0.323 e. The molecule has 2 amide bonds. The molecular weight excluding hydrogens is 333 g/mol. The average molecular weight is 359 g/mol. The third-order valence-corrected chi connectivity index (χ3v) is 4.81. The smallest absolute Gasteiger partial charge is 0.323 e. The van der Waals surface area contributed by atoms with Crippen LogP contribution in [0.15, 0.2) is 36.5 Å². The molecule has 1 aromatic heterocycles. The summed E-state index contributed by atoms with van der Waals surface area (Å²) in [5.41, 5.74) is 0.797. The summed E-state index contributed by atoms with van der Waals surface area (Å²) < 4.78 is 15.0. The normalized spacial score (nSPS) is 17.4. The monoisotopic (exact) mass is 359 g/mol. The fraction of sp³-hybridized carbons (Fsp3) is 0.474.